The molecule has 0 aliphatic heterocycles. The molecular weight excluding hydrogens is 281 g/mol. The molecule has 114 valence electrons. The molecule has 0 aromatic heterocycles. The van der Waals surface area contributed by atoms with E-state index in [-0.39, 0.29) is 5.75 Å². The Labute approximate surface area is 121 Å². The highest BCUT2D eigenvalue weighted by molar-refractivity contribution is 5.94. The molecule has 0 saturated carbocycles. The number of nitrogens with one attached hydrogen (secondary N) is 1. The molecular formula is C14H16FNO5. The molecule has 0 spiro atoms. The summed E-state index contributed by atoms with van der Waals surface area (Å²) in [7, 11) is 2.50. The van der Waals surface area contributed by atoms with Gasteiger partial charge in [-0.25, -0.2) is 9.18 Å². The van der Waals surface area contributed by atoms with Gasteiger partial charge in [-0.1, -0.05) is 6.07 Å². The number of amides is 1. The lowest BCUT2D eigenvalue weighted by molar-refractivity contribution is -0.145. The van der Waals surface area contributed by atoms with Crippen molar-refractivity contribution in [2.24, 2.45) is 0 Å². The Morgan fingerprint density at radius 1 is 1.43 bits per heavy atom. The van der Waals surface area contributed by atoms with E-state index in [2.05, 4.69) is 10.1 Å². The fourth-order valence-electron chi connectivity index (χ4n) is 1.50. The molecule has 1 atom stereocenters. The van der Waals surface area contributed by atoms with Gasteiger partial charge in [-0.15, -0.1) is 0 Å². The average molecular weight is 297 g/mol. The van der Waals surface area contributed by atoms with Gasteiger partial charge in [0.25, 0.3) is 0 Å². The van der Waals surface area contributed by atoms with E-state index in [1.54, 1.807) is 6.07 Å². The number of ether oxygens (including phenoxy) is 2. The van der Waals surface area contributed by atoms with E-state index >= 15 is 0 Å². The van der Waals surface area contributed by atoms with Crippen molar-refractivity contribution in [3.8, 4) is 5.75 Å². The zero-order chi connectivity index (χ0) is 15.8. The smallest absolute Gasteiger partial charge is 0.330 e. The first-order chi connectivity index (χ1) is 10.0. The third kappa shape index (κ3) is 4.88. The number of halogens is 1. The minimum atomic E-state index is -1.14. The molecule has 1 rings (SSSR count). The lowest BCUT2D eigenvalue weighted by atomic mass is 10.2. The maximum Gasteiger partial charge on any atom is 0.330 e. The standard InChI is InChI=1S/C14H16FNO5/c1-20-12-5-3-9(7-10(12)15)4-6-13(18)16-11(8-17)14(19)21-2/h3-7,11,17H,8H2,1-2H3,(H,16,18)/b6-4+/t11-/m0/s1. The molecule has 1 aromatic carbocycles. The maximum absolute atomic E-state index is 13.4. The quantitative estimate of drug-likeness (QED) is 0.590. The van der Waals surface area contributed by atoms with Crippen LogP contribution in [0.15, 0.2) is 24.3 Å². The van der Waals surface area contributed by atoms with Crippen LogP contribution in [0.4, 0.5) is 4.39 Å². The molecule has 0 aliphatic carbocycles. The summed E-state index contributed by atoms with van der Waals surface area (Å²) in [4.78, 5) is 22.8. The van der Waals surface area contributed by atoms with E-state index in [4.69, 9.17) is 9.84 Å². The van der Waals surface area contributed by atoms with Gasteiger partial charge in [0, 0.05) is 6.08 Å². The van der Waals surface area contributed by atoms with Gasteiger partial charge >= 0.3 is 5.97 Å². The Kier molecular flexibility index (Phi) is 6.35. The summed E-state index contributed by atoms with van der Waals surface area (Å²) in [5.41, 5.74) is 0.446. The number of carbonyl (C=O) groups is 2. The minimum Gasteiger partial charge on any atom is -0.494 e. The summed E-state index contributed by atoms with van der Waals surface area (Å²) in [6, 6.07) is 3.06. The molecule has 0 bridgehead atoms. The maximum atomic E-state index is 13.4. The van der Waals surface area contributed by atoms with Crippen molar-refractivity contribution in [1.29, 1.82) is 0 Å². The van der Waals surface area contributed by atoms with Crippen LogP contribution in [0.5, 0.6) is 5.75 Å². The number of aliphatic hydroxyl groups excluding tert-OH is 1. The molecule has 2 N–H and O–H groups in total. The highest BCUT2D eigenvalue weighted by Gasteiger charge is 2.19. The highest BCUT2D eigenvalue weighted by atomic mass is 19.1. The number of carbonyl (C=O) groups excluding carboxylic acids is 2. The summed E-state index contributed by atoms with van der Waals surface area (Å²) in [5.74, 6) is -1.82. The summed E-state index contributed by atoms with van der Waals surface area (Å²) >= 11 is 0. The summed E-state index contributed by atoms with van der Waals surface area (Å²) < 4.78 is 22.6. The number of hydrogen-bond acceptors (Lipinski definition) is 5. The van der Waals surface area contributed by atoms with Crippen molar-refractivity contribution >= 4 is 18.0 Å². The van der Waals surface area contributed by atoms with Gasteiger partial charge in [-0.2, -0.15) is 0 Å². The Balaban J connectivity index is 2.69. The highest BCUT2D eigenvalue weighted by Crippen LogP contribution is 2.18. The van der Waals surface area contributed by atoms with Crippen LogP contribution in [0.25, 0.3) is 6.08 Å². The van der Waals surface area contributed by atoms with Crippen LogP contribution in [0.3, 0.4) is 0 Å². The van der Waals surface area contributed by atoms with Crippen LogP contribution in [0.2, 0.25) is 0 Å². The number of hydrogen-bond donors (Lipinski definition) is 2. The molecule has 0 fully saturated rings. The zero-order valence-corrected chi connectivity index (χ0v) is 11.6. The molecule has 1 amide bonds. The van der Waals surface area contributed by atoms with E-state index in [1.807, 2.05) is 0 Å². The second-order valence-corrected chi connectivity index (χ2v) is 3.99. The Bertz CT molecular complexity index is 544. The Morgan fingerprint density at radius 3 is 2.67 bits per heavy atom. The SMILES string of the molecule is COC(=O)[C@H](CO)NC(=O)/C=C/c1ccc(OC)c(F)c1. The fraction of sp³-hybridized carbons (Fsp3) is 0.286. The van der Waals surface area contributed by atoms with Gasteiger partial charge in [0.05, 0.1) is 20.8 Å². The summed E-state index contributed by atoms with van der Waals surface area (Å²) in [5, 5.41) is 11.2. The van der Waals surface area contributed by atoms with Gasteiger partial charge in [-0.3, -0.25) is 4.79 Å². The van der Waals surface area contributed by atoms with Crippen molar-refractivity contribution < 1.29 is 28.6 Å². The van der Waals surface area contributed by atoms with Gasteiger partial charge in [0.15, 0.2) is 17.6 Å². The third-order valence-electron chi connectivity index (χ3n) is 2.59. The van der Waals surface area contributed by atoms with Crippen LogP contribution >= 0.6 is 0 Å². The Morgan fingerprint density at radius 2 is 2.14 bits per heavy atom. The first-order valence-electron chi connectivity index (χ1n) is 6.02. The van der Waals surface area contributed by atoms with Crippen molar-refractivity contribution in [3.05, 3.63) is 35.7 Å². The van der Waals surface area contributed by atoms with Crippen molar-refractivity contribution in [2.45, 2.75) is 6.04 Å². The van der Waals surface area contributed by atoms with E-state index in [9.17, 15) is 14.0 Å². The third-order valence-corrected chi connectivity index (χ3v) is 2.59. The van der Waals surface area contributed by atoms with Crippen LogP contribution in [0, 0.1) is 5.82 Å². The van der Waals surface area contributed by atoms with Crippen molar-refractivity contribution in [2.75, 3.05) is 20.8 Å². The molecule has 0 aliphatic rings. The summed E-state index contributed by atoms with van der Waals surface area (Å²) in [6.45, 7) is -0.580. The van der Waals surface area contributed by atoms with E-state index in [0.717, 1.165) is 13.2 Å². The monoisotopic (exact) mass is 297 g/mol. The van der Waals surface area contributed by atoms with E-state index in [0.29, 0.717) is 5.56 Å². The Hall–Kier alpha value is -2.41. The lowest BCUT2D eigenvalue weighted by Crippen LogP contribution is -2.43. The normalized spacial score (nSPS) is 12.0. The topological polar surface area (TPSA) is 84.9 Å². The predicted octanol–water partition coefficient (Wildman–Crippen LogP) is 0.498. The van der Waals surface area contributed by atoms with Crippen molar-refractivity contribution in [3.63, 3.8) is 0 Å². The molecule has 6 nitrogen and oxygen atoms in total. The molecule has 1 aromatic rings. The van der Waals surface area contributed by atoms with Crippen LogP contribution in [0.1, 0.15) is 5.56 Å². The second-order valence-electron chi connectivity index (χ2n) is 3.99. The molecule has 0 radical (unpaired) electrons. The van der Waals surface area contributed by atoms with Gasteiger partial charge in [0.2, 0.25) is 5.91 Å². The number of aliphatic hydroxyl groups is 1. The van der Waals surface area contributed by atoms with E-state index < -0.39 is 30.3 Å². The van der Waals surface area contributed by atoms with Crippen molar-refractivity contribution in [1.82, 2.24) is 5.32 Å². The fourth-order valence-corrected chi connectivity index (χ4v) is 1.50. The zero-order valence-electron chi connectivity index (χ0n) is 11.6. The van der Waals surface area contributed by atoms with Crippen LogP contribution in [-0.2, 0) is 14.3 Å². The van der Waals surface area contributed by atoms with Crippen LogP contribution in [-0.4, -0.2) is 43.9 Å². The summed E-state index contributed by atoms with van der Waals surface area (Å²) in [6.07, 6.45) is 2.48. The molecule has 21 heavy (non-hydrogen) atoms. The average Bonchev–Trinajstić information content (AvgIpc) is 2.49. The molecule has 0 unspecified atom stereocenters. The largest absolute Gasteiger partial charge is 0.494 e. The molecule has 0 saturated heterocycles. The van der Waals surface area contributed by atoms with Crippen LogP contribution < -0.4 is 10.1 Å². The number of benzene rings is 1. The predicted molar refractivity (Wildman–Crippen MR) is 73.0 cm³/mol. The van der Waals surface area contributed by atoms with E-state index in [1.165, 1.54) is 25.3 Å². The minimum absolute atomic E-state index is 0.0997. The van der Waals surface area contributed by atoms with Gasteiger partial charge in [-0.05, 0) is 23.8 Å². The number of esters is 1. The molecule has 0 heterocycles. The molecule has 7 heteroatoms. The first kappa shape index (κ1) is 16.6. The number of rotatable bonds is 6. The lowest BCUT2D eigenvalue weighted by Gasteiger charge is -2.11. The number of methoxy groups -OCH3 is 2. The second kappa shape index (κ2) is 8.01. The van der Waals surface area contributed by atoms with Gasteiger partial charge in [0.1, 0.15) is 0 Å². The van der Waals surface area contributed by atoms with Gasteiger partial charge < -0.3 is 19.9 Å². The first-order valence-corrected chi connectivity index (χ1v) is 6.02.